The van der Waals surface area contributed by atoms with Gasteiger partial charge < -0.3 is 20.7 Å². The molecule has 20 heavy (non-hydrogen) atoms. The Morgan fingerprint density at radius 2 is 2.20 bits per heavy atom. The number of nitrogens with two attached hydrogens (primary N) is 1. The van der Waals surface area contributed by atoms with Crippen LogP contribution in [0, 0.1) is 6.92 Å². The summed E-state index contributed by atoms with van der Waals surface area (Å²) in [4.78, 5) is 14.2. The van der Waals surface area contributed by atoms with Gasteiger partial charge in [0.1, 0.15) is 6.10 Å². The fourth-order valence-electron chi connectivity index (χ4n) is 2.35. The summed E-state index contributed by atoms with van der Waals surface area (Å²) in [5, 5.41) is 2.94. The number of benzene rings is 1. The Kier molecular flexibility index (Phi) is 4.62. The summed E-state index contributed by atoms with van der Waals surface area (Å²) < 4.78 is 5.60. The zero-order valence-corrected chi connectivity index (χ0v) is 12.3. The summed E-state index contributed by atoms with van der Waals surface area (Å²) in [7, 11) is 3.98. The fourth-order valence-corrected chi connectivity index (χ4v) is 2.35. The summed E-state index contributed by atoms with van der Waals surface area (Å²) in [6.45, 7) is 2.46. The lowest BCUT2D eigenvalue weighted by Gasteiger charge is -2.17. The summed E-state index contributed by atoms with van der Waals surface area (Å²) in [6, 6.07) is 5.96. The highest BCUT2D eigenvalue weighted by Gasteiger charge is 2.29. The highest BCUT2D eigenvalue weighted by molar-refractivity contribution is 5.95. The third kappa shape index (κ3) is 3.29. The zero-order chi connectivity index (χ0) is 14.7. The van der Waals surface area contributed by atoms with E-state index in [2.05, 4.69) is 5.32 Å². The van der Waals surface area contributed by atoms with Crippen LogP contribution in [-0.2, 0) is 9.53 Å². The SMILES string of the molecule is Cc1cc(N(C)C)ccc1NC(=O)C1CCC(CN)O1. The number of nitrogens with zero attached hydrogens (tertiary/aromatic N) is 1. The van der Waals surface area contributed by atoms with Gasteiger partial charge in [-0.2, -0.15) is 0 Å². The van der Waals surface area contributed by atoms with Crippen LogP contribution >= 0.6 is 0 Å². The summed E-state index contributed by atoms with van der Waals surface area (Å²) in [5.74, 6) is -0.0818. The van der Waals surface area contributed by atoms with Gasteiger partial charge in [-0.1, -0.05) is 0 Å². The lowest BCUT2D eigenvalue weighted by molar-refractivity contribution is -0.126. The maximum absolute atomic E-state index is 12.2. The first-order valence-corrected chi connectivity index (χ1v) is 6.95. The van der Waals surface area contributed by atoms with Crippen LogP contribution < -0.4 is 16.0 Å². The van der Waals surface area contributed by atoms with Crippen LogP contribution in [-0.4, -0.2) is 38.8 Å². The van der Waals surface area contributed by atoms with Crippen LogP contribution in [0.2, 0.25) is 0 Å². The first-order chi connectivity index (χ1) is 9.51. The molecule has 2 rings (SSSR count). The van der Waals surface area contributed by atoms with Crippen LogP contribution in [0.25, 0.3) is 0 Å². The van der Waals surface area contributed by atoms with Gasteiger partial charge in [0.05, 0.1) is 6.10 Å². The number of hydrogen-bond acceptors (Lipinski definition) is 4. The monoisotopic (exact) mass is 277 g/mol. The van der Waals surface area contributed by atoms with E-state index in [0.717, 1.165) is 29.8 Å². The molecule has 110 valence electrons. The van der Waals surface area contributed by atoms with Crippen molar-refractivity contribution in [3.05, 3.63) is 23.8 Å². The van der Waals surface area contributed by atoms with Gasteiger partial charge >= 0.3 is 0 Å². The van der Waals surface area contributed by atoms with Gasteiger partial charge in [-0.3, -0.25) is 4.79 Å². The highest BCUT2D eigenvalue weighted by atomic mass is 16.5. The number of amides is 1. The molecule has 0 aliphatic carbocycles. The highest BCUT2D eigenvalue weighted by Crippen LogP contribution is 2.24. The lowest BCUT2D eigenvalue weighted by Crippen LogP contribution is -2.30. The molecule has 0 bridgehead atoms. The topological polar surface area (TPSA) is 67.6 Å². The van der Waals surface area contributed by atoms with Crippen molar-refractivity contribution in [3.8, 4) is 0 Å². The molecule has 2 atom stereocenters. The van der Waals surface area contributed by atoms with Gasteiger partial charge in [0.15, 0.2) is 0 Å². The van der Waals surface area contributed by atoms with E-state index in [0.29, 0.717) is 6.54 Å². The average Bonchev–Trinajstić information content (AvgIpc) is 2.89. The Morgan fingerprint density at radius 1 is 1.45 bits per heavy atom. The van der Waals surface area contributed by atoms with Crippen LogP contribution in [0.15, 0.2) is 18.2 Å². The maximum atomic E-state index is 12.2. The van der Waals surface area contributed by atoms with E-state index >= 15 is 0 Å². The third-order valence-corrected chi connectivity index (χ3v) is 3.65. The van der Waals surface area contributed by atoms with Gasteiger partial charge in [-0.25, -0.2) is 0 Å². The number of ether oxygens (including phenoxy) is 1. The predicted molar refractivity (Wildman–Crippen MR) is 81.1 cm³/mol. The molecular formula is C15H23N3O2. The quantitative estimate of drug-likeness (QED) is 0.875. The van der Waals surface area contributed by atoms with E-state index in [-0.39, 0.29) is 18.1 Å². The lowest BCUT2D eigenvalue weighted by atomic mass is 10.1. The Balaban J connectivity index is 2.01. The number of rotatable bonds is 4. The molecule has 1 aliphatic heterocycles. The Labute approximate surface area is 120 Å². The van der Waals surface area contributed by atoms with Crippen molar-refractivity contribution < 1.29 is 9.53 Å². The van der Waals surface area contributed by atoms with E-state index < -0.39 is 0 Å². The molecule has 1 amide bonds. The minimum absolute atomic E-state index is 0.0166. The van der Waals surface area contributed by atoms with Crippen LogP contribution in [0.1, 0.15) is 18.4 Å². The minimum atomic E-state index is -0.378. The Hall–Kier alpha value is -1.59. The molecule has 0 spiro atoms. The largest absolute Gasteiger partial charge is 0.378 e. The number of carbonyl (C=O) groups is 1. The molecule has 5 heteroatoms. The molecule has 1 aliphatic rings. The van der Waals surface area contributed by atoms with Crippen LogP contribution in [0.3, 0.4) is 0 Å². The molecule has 0 radical (unpaired) electrons. The van der Waals surface area contributed by atoms with Crippen molar-refractivity contribution in [2.45, 2.75) is 32.0 Å². The van der Waals surface area contributed by atoms with Crippen LogP contribution in [0.5, 0.6) is 0 Å². The third-order valence-electron chi connectivity index (χ3n) is 3.65. The molecular weight excluding hydrogens is 254 g/mol. The standard InChI is InChI=1S/C15H23N3O2/c1-10-8-11(18(2)3)4-6-13(10)17-15(19)14-7-5-12(9-16)20-14/h4,6,8,12,14H,5,7,9,16H2,1-3H3,(H,17,19). The Morgan fingerprint density at radius 3 is 2.75 bits per heavy atom. The van der Waals surface area contributed by atoms with Crippen molar-refractivity contribution in [2.24, 2.45) is 5.73 Å². The summed E-state index contributed by atoms with van der Waals surface area (Å²) >= 11 is 0. The van der Waals surface area contributed by atoms with E-state index in [9.17, 15) is 4.79 Å². The Bertz CT molecular complexity index is 488. The zero-order valence-electron chi connectivity index (χ0n) is 12.3. The van der Waals surface area contributed by atoms with E-state index in [1.807, 2.05) is 44.1 Å². The molecule has 0 saturated carbocycles. The van der Waals surface area contributed by atoms with Gasteiger partial charge in [-0.15, -0.1) is 0 Å². The molecule has 1 aromatic rings. The van der Waals surface area contributed by atoms with E-state index in [1.165, 1.54) is 0 Å². The molecule has 1 fully saturated rings. The molecule has 1 heterocycles. The second-order valence-corrected chi connectivity index (χ2v) is 5.44. The van der Waals surface area contributed by atoms with Crippen molar-refractivity contribution >= 4 is 17.3 Å². The molecule has 1 saturated heterocycles. The molecule has 1 aromatic carbocycles. The van der Waals surface area contributed by atoms with Gasteiger partial charge in [0.25, 0.3) is 5.91 Å². The first-order valence-electron chi connectivity index (χ1n) is 6.95. The number of hydrogen-bond donors (Lipinski definition) is 2. The van der Waals surface area contributed by atoms with Crippen molar-refractivity contribution in [1.82, 2.24) is 0 Å². The number of aryl methyl sites for hydroxylation is 1. The number of anilines is 2. The second-order valence-electron chi connectivity index (χ2n) is 5.44. The predicted octanol–water partition coefficient (Wildman–Crippen LogP) is 1.51. The first kappa shape index (κ1) is 14.8. The van der Waals surface area contributed by atoms with E-state index in [1.54, 1.807) is 0 Å². The molecule has 3 N–H and O–H groups in total. The maximum Gasteiger partial charge on any atom is 0.253 e. The van der Waals surface area contributed by atoms with Gasteiger partial charge in [-0.05, 0) is 43.5 Å². The fraction of sp³-hybridized carbons (Fsp3) is 0.533. The van der Waals surface area contributed by atoms with Crippen molar-refractivity contribution in [1.29, 1.82) is 0 Å². The van der Waals surface area contributed by atoms with E-state index in [4.69, 9.17) is 10.5 Å². The minimum Gasteiger partial charge on any atom is -0.378 e. The second kappa shape index (κ2) is 6.24. The molecule has 5 nitrogen and oxygen atoms in total. The number of nitrogens with one attached hydrogen (secondary N) is 1. The van der Waals surface area contributed by atoms with Gasteiger partial charge in [0.2, 0.25) is 0 Å². The number of carbonyl (C=O) groups excluding carboxylic acids is 1. The van der Waals surface area contributed by atoms with Crippen LogP contribution in [0.4, 0.5) is 11.4 Å². The normalized spacial score (nSPS) is 21.8. The molecule has 0 aromatic heterocycles. The summed E-state index contributed by atoms with van der Waals surface area (Å²) in [5.41, 5.74) is 8.54. The smallest absolute Gasteiger partial charge is 0.253 e. The van der Waals surface area contributed by atoms with Crippen molar-refractivity contribution in [3.63, 3.8) is 0 Å². The molecule has 2 unspecified atom stereocenters. The summed E-state index contributed by atoms with van der Waals surface area (Å²) in [6.07, 6.45) is 1.23. The van der Waals surface area contributed by atoms with Gasteiger partial charge in [0, 0.05) is 32.0 Å². The van der Waals surface area contributed by atoms with Crippen molar-refractivity contribution in [2.75, 3.05) is 30.9 Å². The average molecular weight is 277 g/mol.